The molecule has 0 amide bonds. The molecule has 0 saturated heterocycles. The minimum Gasteiger partial charge on any atom is -0.493 e. The zero-order chi connectivity index (χ0) is 17.6. The van der Waals surface area contributed by atoms with Crippen LogP contribution >= 0.6 is 0 Å². The van der Waals surface area contributed by atoms with Crippen molar-refractivity contribution in [3.63, 3.8) is 0 Å². The van der Waals surface area contributed by atoms with E-state index in [0.29, 0.717) is 42.0 Å². The molecule has 0 spiro atoms. The molecule has 0 bridgehead atoms. The number of rotatable bonds is 7. The molecule has 0 aliphatic rings. The highest BCUT2D eigenvalue weighted by Crippen LogP contribution is 2.31. The fourth-order valence-electron chi connectivity index (χ4n) is 2.71. The maximum Gasteiger partial charge on any atom is 0.261 e. The maximum absolute atomic E-state index is 12.5. The average Bonchev–Trinajstić information content (AvgIpc) is 2.65. The van der Waals surface area contributed by atoms with Gasteiger partial charge < -0.3 is 9.47 Å². The van der Waals surface area contributed by atoms with E-state index < -0.39 is 0 Å². The van der Waals surface area contributed by atoms with E-state index in [-0.39, 0.29) is 5.56 Å². The molecule has 128 valence electrons. The lowest BCUT2D eigenvalue weighted by Gasteiger charge is -2.15. The fourth-order valence-corrected chi connectivity index (χ4v) is 2.71. The van der Waals surface area contributed by atoms with Crippen LogP contribution in [0.15, 0.2) is 66.2 Å². The smallest absolute Gasteiger partial charge is 0.261 e. The van der Waals surface area contributed by atoms with Gasteiger partial charge in [0.05, 0.1) is 30.9 Å². The highest BCUT2D eigenvalue weighted by Gasteiger charge is 2.10. The SMILES string of the molecule is C=CCc1cccc(OC)c1OCCn1cnc2ccccc2c1=O. The standard InChI is InChI=1S/C20H20N2O3/c1-3-7-15-8-6-11-18(24-2)19(15)25-13-12-22-14-21-17-10-5-4-9-16(17)20(22)23/h3-6,8-11,14H,1,7,12-13H2,2H3. The molecule has 5 nitrogen and oxygen atoms in total. The topological polar surface area (TPSA) is 53.4 Å². The lowest BCUT2D eigenvalue weighted by Crippen LogP contribution is -2.23. The summed E-state index contributed by atoms with van der Waals surface area (Å²) in [4.78, 5) is 16.8. The van der Waals surface area contributed by atoms with Crippen molar-refractivity contribution < 1.29 is 9.47 Å². The molecule has 3 rings (SSSR count). The number of aromatic nitrogens is 2. The van der Waals surface area contributed by atoms with E-state index in [4.69, 9.17) is 9.47 Å². The van der Waals surface area contributed by atoms with Crippen molar-refractivity contribution in [2.45, 2.75) is 13.0 Å². The summed E-state index contributed by atoms with van der Waals surface area (Å²) in [6.07, 6.45) is 4.06. The number of fused-ring (bicyclic) bond motifs is 1. The van der Waals surface area contributed by atoms with Gasteiger partial charge in [-0.2, -0.15) is 0 Å². The van der Waals surface area contributed by atoms with Gasteiger partial charge in [-0.05, 0) is 24.6 Å². The van der Waals surface area contributed by atoms with E-state index in [1.165, 1.54) is 0 Å². The number of benzene rings is 2. The summed E-state index contributed by atoms with van der Waals surface area (Å²) < 4.78 is 12.9. The summed E-state index contributed by atoms with van der Waals surface area (Å²) in [5.41, 5.74) is 1.63. The summed E-state index contributed by atoms with van der Waals surface area (Å²) in [7, 11) is 1.61. The van der Waals surface area contributed by atoms with Gasteiger partial charge in [0.2, 0.25) is 0 Å². The number of hydrogen-bond acceptors (Lipinski definition) is 4. The molecule has 1 heterocycles. The van der Waals surface area contributed by atoms with Crippen LogP contribution in [-0.2, 0) is 13.0 Å². The van der Waals surface area contributed by atoms with E-state index in [1.54, 1.807) is 24.1 Å². The molecule has 25 heavy (non-hydrogen) atoms. The second-order valence-corrected chi connectivity index (χ2v) is 5.55. The normalized spacial score (nSPS) is 10.6. The molecular formula is C20H20N2O3. The average molecular weight is 336 g/mol. The minimum atomic E-state index is -0.0689. The maximum atomic E-state index is 12.5. The fraction of sp³-hybridized carbons (Fsp3) is 0.200. The molecule has 0 radical (unpaired) electrons. The molecule has 5 heteroatoms. The van der Waals surface area contributed by atoms with Gasteiger partial charge in [-0.1, -0.05) is 30.3 Å². The molecule has 0 saturated carbocycles. The molecule has 2 aromatic carbocycles. The van der Waals surface area contributed by atoms with E-state index in [0.717, 1.165) is 5.56 Å². The van der Waals surface area contributed by atoms with Crippen molar-refractivity contribution in [1.82, 2.24) is 9.55 Å². The first kappa shape index (κ1) is 16.8. The zero-order valence-electron chi connectivity index (χ0n) is 14.1. The molecule has 0 N–H and O–H groups in total. The predicted molar refractivity (Wildman–Crippen MR) is 98.4 cm³/mol. The number of allylic oxidation sites excluding steroid dienone is 1. The van der Waals surface area contributed by atoms with Crippen LogP contribution in [0.1, 0.15) is 5.56 Å². The predicted octanol–water partition coefficient (Wildman–Crippen LogP) is 3.21. The molecule has 0 unspecified atom stereocenters. The summed E-state index contributed by atoms with van der Waals surface area (Å²) in [6, 6.07) is 13.1. The Morgan fingerprint density at radius 3 is 2.84 bits per heavy atom. The van der Waals surface area contributed by atoms with E-state index in [2.05, 4.69) is 11.6 Å². The van der Waals surface area contributed by atoms with E-state index in [9.17, 15) is 4.79 Å². The van der Waals surface area contributed by atoms with Gasteiger partial charge in [-0.25, -0.2) is 4.98 Å². The van der Waals surface area contributed by atoms with Crippen LogP contribution < -0.4 is 15.0 Å². The number of hydrogen-bond donors (Lipinski definition) is 0. The van der Waals surface area contributed by atoms with Crippen molar-refractivity contribution in [1.29, 1.82) is 0 Å². The van der Waals surface area contributed by atoms with Gasteiger partial charge >= 0.3 is 0 Å². The monoisotopic (exact) mass is 336 g/mol. The summed E-state index contributed by atoms with van der Waals surface area (Å²) in [5, 5.41) is 0.606. The van der Waals surface area contributed by atoms with Crippen LogP contribution in [0.3, 0.4) is 0 Å². The van der Waals surface area contributed by atoms with E-state index >= 15 is 0 Å². The van der Waals surface area contributed by atoms with Crippen molar-refractivity contribution in [3.8, 4) is 11.5 Å². The largest absolute Gasteiger partial charge is 0.493 e. The number of methoxy groups -OCH3 is 1. The molecule has 3 aromatic rings. The number of nitrogens with zero attached hydrogens (tertiary/aromatic N) is 2. The third kappa shape index (κ3) is 3.55. The Kier molecular flexibility index (Phi) is 5.14. The Hall–Kier alpha value is -3.08. The van der Waals surface area contributed by atoms with Crippen LogP contribution in [0, 0.1) is 0 Å². The lowest BCUT2D eigenvalue weighted by molar-refractivity contribution is 0.275. The van der Waals surface area contributed by atoms with Gasteiger partial charge in [0.25, 0.3) is 5.56 Å². The van der Waals surface area contributed by atoms with Crippen molar-refractivity contribution in [3.05, 3.63) is 77.4 Å². The second kappa shape index (κ2) is 7.66. The highest BCUT2D eigenvalue weighted by molar-refractivity contribution is 5.76. The lowest BCUT2D eigenvalue weighted by atomic mass is 10.1. The Morgan fingerprint density at radius 2 is 2.04 bits per heavy atom. The number of ether oxygens (including phenoxy) is 2. The van der Waals surface area contributed by atoms with Crippen LogP contribution in [0.2, 0.25) is 0 Å². The molecule has 0 aliphatic heterocycles. The first-order valence-corrected chi connectivity index (χ1v) is 8.08. The van der Waals surface area contributed by atoms with Gasteiger partial charge in [-0.15, -0.1) is 6.58 Å². The molecule has 0 aliphatic carbocycles. The van der Waals surface area contributed by atoms with Crippen molar-refractivity contribution in [2.75, 3.05) is 13.7 Å². The quantitative estimate of drug-likeness (QED) is 0.622. The van der Waals surface area contributed by atoms with Crippen LogP contribution in [0.4, 0.5) is 0 Å². The minimum absolute atomic E-state index is 0.0689. The molecule has 1 aromatic heterocycles. The third-order valence-electron chi connectivity index (χ3n) is 3.95. The van der Waals surface area contributed by atoms with Crippen LogP contribution in [0.5, 0.6) is 11.5 Å². The van der Waals surface area contributed by atoms with Crippen LogP contribution in [0.25, 0.3) is 10.9 Å². The Labute approximate surface area is 146 Å². The Morgan fingerprint density at radius 1 is 1.20 bits per heavy atom. The van der Waals surface area contributed by atoms with Gasteiger partial charge in [0, 0.05) is 5.56 Å². The molecule has 0 atom stereocenters. The molecular weight excluding hydrogens is 316 g/mol. The van der Waals surface area contributed by atoms with Crippen LogP contribution in [-0.4, -0.2) is 23.3 Å². The summed E-state index contributed by atoms with van der Waals surface area (Å²) >= 11 is 0. The Balaban J connectivity index is 1.79. The van der Waals surface area contributed by atoms with Gasteiger partial charge in [0.15, 0.2) is 11.5 Å². The first-order valence-electron chi connectivity index (χ1n) is 8.08. The molecule has 0 fully saturated rings. The zero-order valence-corrected chi connectivity index (χ0v) is 14.1. The number of para-hydroxylation sites is 2. The second-order valence-electron chi connectivity index (χ2n) is 5.55. The van der Waals surface area contributed by atoms with Crippen molar-refractivity contribution in [2.24, 2.45) is 0 Å². The van der Waals surface area contributed by atoms with Crippen molar-refractivity contribution >= 4 is 10.9 Å². The first-order chi connectivity index (χ1) is 12.2. The third-order valence-corrected chi connectivity index (χ3v) is 3.95. The van der Waals surface area contributed by atoms with E-state index in [1.807, 2.05) is 42.5 Å². The summed E-state index contributed by atoms with van der Waals surface area (Å²) in [6.45, 7) is 4.51. The highest BCUT2D eigenvalue weighted by atomic mass is 16.5. The van der Waals surface area contributed by atoms with Gasteiger partial charge in [0.1, 0.15) is 6.61 Å². The Bertz CT molecular complexity index is 947. The summed E-state index contributed by atoms with van der Waals surface area (Å²) in [5.74, 6) is 1.36. The van der Waals surface area contributed by atoms with Gasteiger partial charge in [-0.3, -0.25) is 9.36 Å².